The van der Waals surface area contributed by atoms with Crippen molar-refractivity contribution in [1.82, 2.24) is 0 Å². The van der Waals surface area contributed by atoms with Crippen LogP contribution in [-0.2, 0) is 10.8 Å². The van der Waals surface area contributed by atoms with Gasteiger partial charge in [-0.2, -0.15) is 10.0 Å². The second-order valence-corrected chi connectivity index (χ2v) is 14.1. The molecule has 0 saturated carbocycles. The Morgan fingerprint density at radius 3 is 2.40 bits per heavy atom. The van der Waals surface area contributed by atoms with E-state index in [1.165, 1.54) is 11.9 Å². The van der Waals surface area contributed by atoms with Crippen molar-refractivity contribution in [3.8, 4) is 11.2 Å². The van der Waals surface area contributed by atoms with Gasteiger partial charge >= 0.3 is 0 Å². The molecule has 5 N–H and O–H groups in total. The molecular weight excluding hydrogens is 493 g/mol. The Labute approximate surface area is 218 Å². The molecule has 0 amide bonds. The van der Waals surface area contributed by atoms with Crippen LogP contribution < -0.4 is 16.0 Å². The molecule has 0 saturated heterocycles. The van der Waals surface area contributed by atoms with Crippen LogP contribution in [0.5, 0.6) is 0 Å². The zero-order valence-electron chi connectivity index (χ0n) is 21.1. The SMILES string of the molecule is CC.CS(=O)c1ccccc1SNc1ccc(NN)c(C(=N)c2cccc(C#CS(C)(C)C)c2)c1. The van der Waals surface area contributed by atoms with Gasteiger partial charge in [-0.05, 0) is 78.4 Å². The maximum absolute atomic E-state index is 12.0. The fourth-order valence-electron chi connectivity index (χ4n) is 2.95. The smallest absolute Gasteiger partial charge is 0.0707 e. The van der Waals surface area contributed by atoms with E-state index in [0.717, 1.165) is 26.6 Å². The molecule has 8 heteroatoms. The van der Waals surface area contributed by atoms with Gasteiger partial charge in [0.25, 0.3) is 0 Å². The number of benzene rings is 3. The molecule has 0 bridgehead atoms. The van der Waals surface area contributed by atoms with Gasteiger partial charge in [-0.1, -0.05) is 44.0 Å². The first kappa shape index (κ1) is 28.5. The van der Waals surface area contributed by atoms with Crippen molar-refractivity contribution in [2.75, 3.05) is 35.2 Å². The fraction of sp³-hybridized carbons (Fsp3) is 0.222. The normalized spacial score (nSPS) is 11.7. The third-order valence-corrected chi connectivity index (χ3v) is 7.27. The van der Waals surface area contributed by atoms with Crippen LogP contribution >= 0.6 is 22.0 Å². The first-order valence-electron chi connectivity index (χ1n) is 11.0. The maximum Gasteiger partial charge on any atom is 0.0707 e. The van der Waals surface area contributed by atoms with Crippen LogP contribution in [0.25, 0.3) is 0 Å². The molecule has 5 nitrogen and oxygen atoms in total. The lowest BCUT2D eigenvalue weighted by atomic mass is 9.99. The van der Waals surface area contributed by atoms with Crippen molar-refractivity contribution >= 4 is 49.9 Å². The zero-order valence-corrected chi connectivity index (χ0v) is 23.5. The summed E-state index contributed by atoms with van der Waals surface area (Å²) in [6.45, 7) is 4.00. The van der Waals surface area contributed by atoms with E-state index in [1.807, 2.05) is 80.6 Å². The second kappa shape index (κ2) is 13.4. The van der Waals surface area contributed by atoms with Crippen molar-refractivity contribution < 1.29 is 4.21 Å². The van der Waals surface area contributed by atoms with Crippen LogP contribution in [-0.4, -0.2) is 34.9 Å². The quantitative estimate of drug-likeness (QED) is 0.0957. The van der Waals surface area contributed by atoms with E-state index in [-0.39, 0.29) is 0 Å². The fourth-order valence-corrected chi connectivity index (χ4v) is 5.14. The van der Waals surface area contributed by atoms with Crippen LogP contribution in [0.15, 0.2) is 76.5 Å². The number of nitrogens with two attached hydrogens (primary N) is 1. The third kappa shape index (κ3) is 8.48. The van der Waals surface area contributed by atoms with E-state index in [9.17, 15) is 4.21 Å². The van der Waals surface area contributed by atoms with Crippen molar-refractivity contribution in [2.24, 2.45) is 5.84 Å². The van der Waals surface area contributed by atoms with Crippen LogP contribution in [0.4, 0.5) is 11.4 Å². The van der Waals surface area contributed by atoms with Crippen molar-refractivity contribution in [3.05, 3.63) is 83.4 Å². The summed E-state index contributed by atoms with van der Waals surface area (Å²) in [6, 6.07) is 20.9. The summed E-state index contributed by atoms with van der Waals surface area (Å²) < 4.78 is 15.3. The highest BCUT2D eigenvalue weighted by atomic mass is 32.3. The molecule has 1 atom stereocenters. The first-order chi connectivity index (χ1) is 16.7. The molecule has 1 unspecified atom stereocenters. The lowest BCUT2D eigenvalue weighted by Gasteiger charge is -2.15. The lowest BCUT2D eigenvalue weighted by Crippen LogP contribution is -2.13. The molecule has 3 aromatic carbocycles. The van der Waals surface area contributed by atoms with Crippen molar-refractivity contribution in [1.29, 1.82) is 5.41 Å². The zero-order chi connectivity index (χ0) is 26.0. The topological polar surface area (TPSA) is 91.0 Å². The average Bonchev–Trinajstić information content (AvgIpc) is 2.86. The van der Waals surface area contributed by atoms with E-state index < -0.39 is 20.8 Å². The van der Waals surface area contributed by atoms with Crippen LogP contribution in [0, 0.1) is 16.6 Å². The lowest BCUT2D eigenvalue weighted by molar-refractivity contribution is 0.685. The van der Waals surface area contributed by atoms with Gasteiger partial charge in [0.1, 0.15) is 0 Å². The summed E-state index contributed by atoms with van der Waals surface area (Å²) >= 11 is 1.39. The molecule has 0 aliphatic carbocycles. The van der Waals surface area contributed by atoms with Gasteiger partial charge in [-0.25, -0.2) is 0 Å². The number of nitrogens with one attached hydrogen (secondary N) is 3. The predicted octanol–water partition coefficient (Wildman–Crippen LogP) is 6.27. The van der Waals surface area contributed by atoms with E-state index in [1.54, 1.807) is 6.26 Å². The van der Waals surface area contributed by atoms with E-state index >= 15 is 0 Å². The second-order valence-electron chi connectivity index (χ2n) is 8.03. The molecule has 186 valence electrons. The minimum Gasteiger partial charge on any atom is -0.326 e. The Morgan fingerprint density at radius 2 is 1.74 bits per heavy atom. The van der Waals surface area contributed by atoms with Gasteiger partial charge in [0.2, 0.25) is 0 Å². The Hall–Kier alpha value is -2.70. The number of hydrogen-bond acceptors (Lipinski definition) is 6. The van der Waals surface area contributed by atoms with E-state index in [0.29, 0.717) is 17.0 Å². The molecule has 0 aromatic heterocycles. The Bertz CT molecular complexity index is 1260. The molecular formula is C27H34N4OS3. The monoisotopic (exact) mass is 526 g/mol. The Balaban J connectivity index is 0.00000210. The molecule has 3 aromatic rings. The van der Waals surface area contributed by atoms with Crippen molar-refractivity contribution in [3.63, 3.8) is 0 Å². The molecule has 0 aliphatic heterocycles. The molecule has 35 heavy (non-hydrogen) atoms. The van der Waals surface area contributed by atoms with Gasteiger partial charge in [0.15, 0.2) is 0 Å². The highest BCUT2D eigenvalue weighted by Crippen LogP contribution is 2.32. The Morgan fingerprint density at radius 1 is 1.03 bits per heavy atom. The van der Waals surface area contributed by atoms with Gasteiger partial charge in [-0.3, -0.25) is 15.5 Å². The highest BCUT2D eigenvalue weighted by molar-refractivity contribution is 8.36. The summed E-state index contributed by atoms with van der Waals surface area (Å²) in [4.78, 5) is 1.67. The minimum absolute atomic E-state index is 0.346. The van der Waals surface area contributed by atoms with Crippen LogP contribution in [0.3, 0.4) is 0 Å². The van der Waals surface area contributed by atoms with Gasteiger partial charge in [0.05, 0.1) is 27.1 Å². The third-order valence-electron chi connectivity index (χ3n) is 4.53. The molecule has 0 heterocycles. The minimum atomic E-state index is -1.08. The van der Waals surface area contributed by atoms with Crippen LogP contribution in [0.2, 0.25) is 0 Å². The number of hydrazine groups is 1. The van der Waals surface area contributed by atoms with Crippen molar-refractivity contribution in [2.45, 2.75) is 23.6 Å². The molecule has 0 radical (unpaired) electrons. The number of hydrogen-bond donors (Lipinski definition) is 4. The first-order valence-corrected chi connectivity index (χ1v) is 16.3. The van der Waals surface area contributed by atoms with Gasteiger partial charge in [-0.15, -0.1) is 0 Å². The molecule has 0 fully saturated rings. The largest absolute Gasteiger partial charge is 0.326 e. The Kier molecular flexibility index (Phi) is 10.9. The number of rotatable bonds is 7. The predicted molar refractivity (Wildman–Crippen MR) is 158 cm³/mol. The summed E-state index contributed by atoms with van der Waals surface area (Å²) in [5.41, 5.74) is 6.81. The summed E-state index contributed by atoms with van der Waals surface area (Å²) in [7, 11) is -2.01. The van der Waals surface area contributed by atoms with E-state index in [4.69, 9.17) is 11.3 Å². The number of anilines is 2. The van der Waals surface area contributed by atoms with Gasteiger partial charge < -0.3 is 10.1 Å². The summed E-state index contributed by atoms with van der Waals surface area (Å²) in [5, 5.41) is 12.2. The van der Waals surface area contributed by atoms with E-state index in [2.05, 4.69) is 40.1 Å². The average molecular weight is 527 g/mol. The maximum atomic E-state index is 12.0. The summed E-state index contributed by atoms with van der Waals surface area (Å²) in [5.74, 6) is 8.97. The molecule has 0 aliphatic rings. The molecule has 3 rings (SSSR count). The van der Waals surface area contributed by atoms with Crippen LogP contribution in [0.1, 0.15) is 30.5 Å². The number of nitrogen functional groups attached to an aromatic ring is 1. The summed E-state index contributed by atoms with van der Waals surface area (Å²) in [6.07, 6.45) is 8.12. The van der Waals surface area contributed by atoms with Gasteiger partial charge in [0, 0.05) is 33.5 Å². The molecule has 0 spiro atoms. The standard InChI is InChI=1S/C25H28N4OS3.C2H6/c1-32(30)24-11-6-5-10-23(24)31-29-20-12-13-22(28-27)21(17-20)25(26)19-9-7-8-18(16-19)14-15-33(2,3)4;1-2/h5-13,16-17,26,28-29H,27H2,1-4H3;1-2H3. The highest BCUT2D eigenvalue weighted by Gasteiger charge is 2.13.